The van der Waals surface area contributed by atoms with E-state index in [0.29, 0.717) is 21.8 Å². The molecule has 0 unspecified atom stereocenters. The Morgan fingerprint density at radius 1 is 0.659 bits per heavy atom. The number of benzene rings is 4. The molecule has 0 bridgehead atoms. The summed E-state index contributed by atoms with van der Waals surface area (Å²) >= 11 is 5.90. The number of Topliss-reactive ketones (excluding diaryl/α,β-unsaturated/α-hetero) is 1. The molecule has 0 aliphatic carbocycles. The van der Waals surface area contributed by atoms with Gasteiger partial charge in [0.1, 0.15) is 0 Å². The molecule has 0 fully saturated rings. The molecule has 0 aliphatic rings. The maximum Gasteiger partial charge on any atom is 0.307 e. The van der Waals surface area contributed by atoms with Crippen molar-refractivity contribution in [3.05, 3.63) is 132 Å². The molecule has 8 heteroatoms. The molecule has 0 saturated heterocycles. The normalized spacial score (nSPS) is 10.4. The summed E-state index contributed by atoms with van der Waals surface area (Å²) in [6.07, 6.45) is 1.59. The molecule has 5 aromatic rings. The third kappa shape index (κ3) is 8.24. The molecule has 1 aromatic heterocycles. The van der Waals surface area contributed by atoms with Crippen molar-refractivity contribution < 1.29 is 24.6 Å². The molecule has 5 rings (SSSR count). The Morgan fingerprint density at radius 3 is 1.80 bits per heavy atom. The molecule has 0 saturated carbocycles. The quantitative estimate of drug-likeness (QED) is 0.182. The summed E-state index contributed by atoms with van der Waals surface area (Å²) < 4.78 is 1.70. The lowest BCUT2D eigenvalue weighted by atomic mass is 10.0. The van der Waals surface area contributed by atoms with E-state index in [-0.39, 0.29) is 25.0 Å². The van der Waals surface area contributed by atoms with Crippen LogP contribution in [-0.2, 0) is 16.0 Å². The molecule has 0 radical (unpaired) electrons. The second-order valence-corrected chi connectivity index (χ2v) is 9.56. The number of carboxylic acids is 2. The fourth-order valence-electron chi connectivity index (χ4n) is 4.11. The molecule has 0 spiro atoms. The molecular formula is C33H27ClN2O5. The Labute approximate surface area is 242 Å². The largest absolute Gasteiger partial charge is 0.481 e. The minimum atomic E-state index is -0.950. The standard InChI is InChI=1S/C17H13ClN2O2.C16H14O3/c18-14-8-6-12(7-9-14)17-13(10-16(21)22)11-20(19-17)15-4-2-1-3-5-15;17-15(10-11-16(18)19)14-8-6-13(7-9-14)12-4-2-1-3-5-12/h1-9,11H,10H2,(H,21,22);1-9H,10-11H2,(H,18,19). The van der Waals surface area contributed by atoms with E-state index in [9.17, 15) is 14.4 Å². The van der Waals surface area contributed by atoms with Gasteiger partial charge in [-0.05, 0) is 35.4 Å². The first-order chi connectivity index (χ1) is 19.8. The Balaban J connectivity index is 0.000000191. The minimum absolute atomic E-state index is 0.0417. The topological polar surface area (TPSA) is 109 Å². The lowest BCUT2D eigenvalue weighted by Gasteiger charge is -2.03. The van der Waals surface area contributed by atoms with Crippen molar-refractivity contribution in [2.24, 2.45) is 0 Å². The number of nitrogens with zero attached hydrogens (tertiary/aromatic N) is 2. The van der Waals surface area contributed by atoms with Crippen molar-refractivity contribution in [2.45, 2.75) is 19.3 Å². The first kappa shape index (κ1) is 29.0. The van der Waals surface area contributed by atoms with Gasteiger partial charge >= 0.3 is 11.9 Å². The van der Waals surface area contributed by atoms with Crippen LogP contribution in [0, 0.1) is 0 Å². The number of aromatic nitrogens is 2. The van der Waals surface area contributed by atoms with E-state index in [0.717, 1.165) is 22.4 Å². The van der Waals surface area contributed by atoms with Crippen LogP contribution in [0.2, 0.25) is 5.02 Å². The number of halogens is 1. The van der Waals surface area contributed by atoms with Gasteiger partial charge in [0.05, 0.1) is 24.2 Å². The smallest absolute Gasteiger partial charge is 0.307 e. The third-order valence-corrected chi connectivity index (χ3v) is 6.40. The van der Waals surface area contributed by atoms with Gasteiger partial charge in [0.25, 0.3) is 0 Å². The van der Waals surface area contributed by atoms with E-state index in [2.05, 4.69) is 5.10 Å². The first-order valence-corrected chi connectivity index (χ1v) is 13.2. The number of carbonyl (C=O) groups is 3. The molecule has 0 aliphatic heterocycles. The second kappa shape index (κ2) is 13.9. The summed E-state index contributed by atoms with van der Waals surface area (Å²) in [6, 6.07) is 33.9. The number of hydrogen-bond donors (Lipinski definition) is 2. The maximum absolute atomic E-state index is 11.7. The van der Waals surface area contributed by atoms with Gasteiger partial charge in [-0.1, -0.05) is 96.5 Å². The van der Waals surface area contributed by atoms with Crippen LogP contribution in [-0.4, -0.2) is 37.7 Å². The van der Waals surface area contributed by atoms with Crippen molar-refractivity contribution in [3.63, 3.8) is 0 Å². The number of hydrogen-bond acceptors (Lipinski definition) is 4. The Hall–Kier alpha value is -5.01. The molecule has 2 N–H and O–H groups in total. The molecule has 0 amide bonds. The molecule has 0 atom stereocenters. The molecule has 7 nitrogen and oxygen atoms in total. The lowest BCUT2D eigenvalue weighted by Crippen LogP contribution is -2.03. The van der Waals surface area contributed by atoms with Crippen LogP contribution >= 0.6 is 11.6 Å². The van der Waals surface area contributed by atoms with Crippen molar-refractivity contribution in [3.8, 4) is 28.1 Å². The molecule has 206 valence electrons. The predicted molar refractivity (Wildman–Crippen MR) is 158 cm³/mol. The van der Waals surface area contributed by atoms with Gasteiger partial charge in [-0.15, -0.1) is 0 Å². The Morgan fingerprint density at radius 2 is 1.22 bits per heavy atom. The second-order valence-electron chi connectivity index (χ2n) is 9.12. The van der Waals surface area contributed by atoms with E-state index in [1.165, 1.54) is 0 Å². The fourth-order valence-corrected chi connectivity index (χ4v) is 4.24. The molecular weight excluding hydrogens is 540 g/mol. The summed E-state index contributed by atoms with van der Waals surface area (Å²) in [5, 5.41) is 22.8. The minimum Gasteiger partial charge on any atom is -0.481 e. The lowest BCUT2D eigenvalue weighted by molar-refractivity contribution is -0.137. The van der Waals surface area contributed by atoms with Crippen LogP contribution in [0.4, 0.5) is 0 Å². The summed E-state index contributed by atoms with van der Waals surface area (Å²) in [7, 11) is 0. The van der Waals surface area contributed by atoms with Gasteiger partial charge in [-0.3, -0.25) is 14.4 Å². The van der Waals surface area contributed by atoms with Crippen molar-refractivity contribution >= 4 is 29.3 Å². The van der Waals surface area contributed by atoms with Gasteiger partial charge in [0.2, 0.25) is 0 Å². The maximum atomic E-state index is 11.7. The van der Waals surface area contributed by atoms with Crippen molar-refractivity contribution in [1.29, 1.82) is 0 Å². The fraction of sp³-hybridized carbons (Fsp3) is 0.0909. The van der Waals surface area contributed by atoms with Crippen molar-refractivity contribution in [2.75, 3.05) is 0 Å². The van der Waals surface area contributed by atoms with Gasteiger partial charge in [-0.2, -0.15) is 5.10 Å². The van der Waals surface area contributed by atoms with Crippen LogP contribution in [0.3, 0.4) is 0 Å². The van der Waals surface area contributed by atoms with Gasteiger partial charge in [-0.25, -0.2) is 4.68 Å². The summed E-state index contributed by atoms with van der Waals surface area (Å²) in [5.41, 5.74) is 5.73. The zero-order valence-electron chi connectivity index (χ0n) is 22.0. The monoisotopic (exact) mass is 566 g/mol. The molecule has 41 heavy (non-hydrogen) atoms. The average molecular weight is 567 g/mol. The number of carboxylic acid groups (broad SMARTS) is 2. The van der Waals surface area contributed by atoms with Crippen LogP contribution in [0.5, 0.6) is 0 Å². The summed E-state index contributed by atoms with van der Waals surface area (Å²) in [6.45, 7) is 0. The van der Waals surface area contributed by atoms with E-state index in [1.807, 2.05) is 84.9 Å². The predicted octanol–water partition coefficient (Wildman–Crippen LogP) is 7.22. The number of ketones is 1. The van der Waals surface area contributed by atoms with Crippen LogP contribution in [0.15, 0.2) is 115 Å². The highest BCUT2D eigenvalue weighted by Gasteiger charge is 2.15. The molecule has 4 aromatic carbocycles. The Bertz CT molecular complexity index is 1610. The highest BCUT2D eigenvalue weighted by atomic mass is 35.5. The van der Waals surface area contributed by atoms with Gasteiger partial charge < -0.3 is 10.2 Å². The number of para-hydroxylation sites is 1. The number of rotatable bonds is 9. The van der Waals surface area contributed by atoms with Crippen LogP contribution < -0.4 is 0 Å². The first-order valence-electron chi connectivity index (χ1n) is 12.8. The van der Waals surface area contributed by atoms with E-state index < -0.39 is 11.9 Å². The number of carbonyl (C=O) groups excluding carboxylic acids is 1. The van der Waals surface area contributed by atoms with E-state index in [1.54, 1.807) is 35.1 Å². The van der Waals surface area contributed by atoms with Crippen molar-refractivity contribution in [1.82, 2.24) is 9.78 Å². The highest BCUT2D eigenvalue weighted by molar-refractivity contribution is 6.30. The Kier molecular flexibility index (Phi) is 9.80. The summed E-state index contributed by atoms with van der Waals surface area (Å²) in [4.78, 5) is 33.2. The SMILES string of the molecule is O=C(O)CCC(=O)c1ccc(-c2ccccc2)cc1.O=C(O)Cc1cn(-c2ccccc2)nc1-c1ccc(Cl)cc1. The van der Waals surface area contributed by atoms with Gasteiger partial charge in [0.15, 0.2) is 5.78 Å². The molecule has 1 heterocycles. The number of aliphatic carboxylic acids is 2. The average Bonchev–Trinajstić information content (AvgIpc) is 3.40. The van der Waals surface area contributed by atoms with Crippen LogP contribution in [0.1, 0.15) is 28.8 Å². The van der Waals surface area contributed by atoms with E-state index in [4.69, 9.17) is 21.8 Å². The zero-order valence-corrected chi connectivity index (χ0v) is 22.7. The summed E-state index contributed by atoms with van der Waals surface area (Å²) in [5.74, 6) is -1.97. The third-order valence-electron chi connectivity index (χ3n) is 6.15. The van der Waals surface area contributed by atoms with E-state index >= 15 is 0 Å². The van der Waals surface area contributed by atoms with Gasteiger partial charge in [0, 0.05) is 34.3 Å². The highest BCUT2D eigenvalue weighted by Crippen LogP contribution is 2.26. The van der Waals surface area contributed by atoms with Crippen LogP contribution in [0.25, 0.3) is 28.1 Å². The zero-order chi connectivity index (χ0) is 29.2.